The fraction of sp³-hybridized carbons (Fsp3) is 0.833. The van der Waals surface area contributed by atoms with Crippen LogP contribution >= 0.6 is 7.60 Å². The molecule has 108 valence electrons. The number of hydrogen-bond acceptors (Lipinski definition) is 4. The minimum absolute atomic E-state index is 0.307. The molecule has 1 N–H and O–H groups in total. The van der Waals surface area contributed by atoms with Gasteiger partial charge in [-0.1, -0.05) is 31.4 Å². The molecule has 6 heteroatoms. The van der Waals surface area contributed by atoms with E-state index in [4.69, 9.17) is 9.05 Å². The van der Waals surface area contributed by atoms with Crippen molar-refractivity contribution in [2.24, 2.45) is 0 Å². The first kappa shape index (κ1) is 18.1. The molecule has 4 nitrogen and oxygen atoms in total. The molecule has 0 saturated carbocycles. The second-order valence-electron chi connectivity index (χ2n) is 5.33. The lowest BCUT2D eigenvalue weighted by molar-refractivity contribution is 0.163. The van der Waals surface area contributed by atoms with E-state index >= 15 is 0 Å². The van der Waals surface area contributed by atoms with Crippen molar-refractivity contribution < 1.29 is 18.7 Å². The SMILES string of the molecule is CCOP(=O)(OCC)[C@H](/C=C/[Si](C)(C)C)[C@H](C)O. The molecule has 0 aromatic heterocycles. The zero-order chi connectivity index (χ0) is 14.4. The molecule has 0 aliphatic rings. The summed E-state index contributed by atoms with van der Waals surface area (Å²) in [5.41, 5.74) is 1.47. The van der Waals surface area contributed by atoms with Crippen molar-refractivity contribution in [3.63, 3.8) is 0 Å². The van der Waals surface area contributed by atoms with Crippen molar-refractivity contribution in [3.8, 4) is 0 Å². The predicted molar refractivity (Wildman–Crippen MR) is 78.8 cm³/mol. The van der Waals surface area contributed by atoms with Crippen molar-refractivity contribution >= 4 is 15.7 Å². The zero-order valence-corrected chi connectivity index (χ0v) is 14.2. The van der Waals surface area contributed by atoms with Crippen LogP contribution in [0, 0.1) is 0 Å². The first-order chi connectivity index (χ1) is 8.16. The Hall–Kier alpha value is 0.0669. The summed E-state index contributed by atoms with van der Waals surface area (Å²) in [4.78, 5) is 0. The van der Waals surface area contributed by atoms with Crippen LogP contribution in [0.2, 0.25) is 19.6 Å². The number of aliphatic hydroxyl groups excluding tert-OH is 1. The molecule has 0 spiro atoms. The smallest absolute Gasteiger partial charge is 0.340 e. The Balaban J connectivity index is 5.17. The molecule has 0 aliphatic heterocycles. The third-order valence-corrected chi connectivity index (χ3v) is 6.03. The maximum atomic E-state index is 12.6. The standard InChI is InChI=1S/C12H27O4PSi/c1-7-15-17(14,16-8-2)12(11(3)13)9-10-18(4,5)6/h9-13H,7-8H2,1-6H3/b10-9+/t11-,12+/m0/s1. The van der Waals surface area contributed by atoms with E-state index in [9.17, 15) is 9.67 Å². The van der Waals surface area contributed by atoms with Gasteiger partial charge in [-0.3, -0.25) is 4.57 Å². The number of hydrogen-bond donors (Lipinski definition) is 1. The second kappa shape index (κ2) is 7.61. The van der Waals surface area contributed by atoms with E-state index in [0.717, 1.165) is 0 Å². The highest BCUT2D eigenvalue weighted by atomic mass is 31.2. The van der Waals surface area contributed by atoms with Gasteiger partial charge in [0.2, 0.25) is 0 Å². The first-order valence-electron chi connectivity index (χ1n) is 6.42. The highest BCUT2D eigenvalue weighted by Gasteiger charge is 2.37. The van der Waals surface area contributed by atoms with Gasteiger partial charge in [0, 0.05) is 0 Å². The van der Waals surface area contributed by atoms with Gasteiger partial charge in [-0.25, -0.2) is 0 Å². The average molecular weight is 294 g/mol. The van der Waals surface area contributed by atoms with Crippen molar-refractivity contribution in [1.82, 2.24) is 0 Å². The molecule has 0 aromatic rings. The molecule has 0 bridgehead atoms. The van der Waals surface area contributed by atoms with Crippen LogP contribution in [0.5, 0.6) is 0 Å². The van der Waals surface area contributed by atoms with E-state index in [0.29, 0.717) is 13.2 Å². The lowest BCUT2D eigenvalue weighted by atomic mass is 10.3. The van der Waals surface area contributed by atoms with Crippen molar-refractivity contribution in [1.29, 1.82) is 0 Å². The zero-order valence-electron chi connectivity index (χ0n) is 12.3. The third-order valence-electron chi connectivity index (χ3n) is 2.27. The lowest BCUT2D eigenvalue weighted by Gasteiger charge is -2.26. The van der Waals surface area contributed by atoms with E-state index in [1.165, 1.54) is 0 Å². The maximum Gasteiger partial charge on any atom is 0.340 e. The monoisotopic (exact) mass is 294 g/mol. The van der Waals surface area contributed by atoms with Crippen LogP contribution in [0.4, 0.5) is 0 Å². The number of aliphatic hydroxyl groups is 1. The lowest BCUT2D eigenvalue weighted by Crippen LogP contribution is -2.25. The van der Waals surface area contributed by atoms with Crippen molar-refractivity contribution in [2.75, 3.05) is 13.2 Å². The van der Waals surface area contributed by atoms with E-state index < -0.39 is 27.4 Å². The maximum absolute atomic E-state index is 12.6. The summed E-state index contributed by atoms with van der Waals surface area (Å²) < 4.78 is 23.2. The van der Waals surface area contributed by atoms with Gasteiger partial charge in [-0.05, 0) is 20.8 Å². The Morgan fingerprint density at radius 1 is 1.22 bits per heavy atom. The van der Waals surface area contributed by atoms with Gasteiger partial charge in [0.15, 0.2) is 0 Å². The summed E-state index contributed by atoms with van der Waals surface area (Å²) >= 11 is 0. The van der Waals surface area contributed by atoms with E-state index in [2.05, 4.69) is 25.3 Å². The molecule has 0 fully saturated rings. The molecule has 0 heterocycles. The molecule has 0 amide bonds. The van der Waals surface area contributed by atoms with Crippen LogP contribution in [-0.2, 0) is 13.6 Å². The van der Waals surface area contributed by atoms with Gasteiger partial charge in [0.1, 0.15) is 5.66 Å². The predicted octanol–water partition coefficient (Wildman–Crippen LogP) is 3.44. The molecule has 0 radical (unpaired) electrons. The molecule has 0 saturated heterocycles. The molecule has 2 atom stereocenters. The van der Waals surface area contributed by atoms with Crippen LogP contribution in [-0.4, -0.2) is 38.2 Å². The summed E-state index contributed by atoms with van der Waals surface area (Å²) in [5, 5.41) is 9.83. The Bertz CT molecular complexity index is 300. The molecule has 0 aliphatic carbocycles. The Kier molecular flexibility index (Phi) is 7.63. The normalized spacial score (nSPS) is 17.1. The van der Waals surface area contributed by atoms with Gasteiger partial charge >= 0.3 is 7.60 Å². The van der Waals surface area contributed by atoms with Gasteiger partial charge in [0.25, 0.3) is 0 Å². The summed E-state index contributed by atoms with van der Waals surface area (Å²) in [6.07, 6.45) is 1.05. The summed E-state index contributed by atoms with van der Waals surface area (Å²) in [6.45, 7) is 12.3. The van der Waals surface area contributed by atoms with Gasteiger partial charge in [-0.2, -0.15) is 0 Å². The van der Waals surface area contributed by atoms with Gasteiger partial charge in [0.05, 0.1) is 27.4 Å². The van der Waals surface area contributed by atoms with E-state index in [1.54, 1.807) is 20.8 Å². The minimum Gasteiger partial charge on any atom is -0.392 e. The highest BCUT2D eigenvalue weighted by Crippen LogP contribution is 2.54. The van der Waals surface area contributed by atoms with E-state index in [1.807, 2.05) is 6.08 Å². The summed E-state index contributed by atoms with van der Waals surface area (Å²) in [6, 6.07) is 0. The minimum atomic E-state index is -3.29. The largest absolute Gasteiger partial charge is 0.392 e. The molecule has 0 rings (SSSR count). The van der Waals surface area contributed by atoms with Crippen LogP contribution in [0.3, 0.4) is 0 Å². The quantitative estimate of drug-likeness (QED) is 0.550. The molecule has 0 aromatic carbocycles. The van der Waals surface area contributed by atoms with Crippen LogP contribution in [0.25, 0.3) is 0 Å². The Morgan fingerprint density at radius 3 is 1.94 bits per heavy atom. The average Bonchev–Trinajstić information content (AvgIpc) is 2.15. The Morgan fingerprint density at radius 2 is 1.67 bits per heavy atom. The summed E-state index contributed by atoms with van der Waals surface area (Å²) in [5.74, 6) is 0. The van der Waals surface area contributed by atoms with Crippen molar-refractivity contribution in [3.05, 3.63) is 11.8 Å². The molecule has 18 heavy (non-hydrogen) atoms. The van der Waals surface area contributed by atoms with Crippen LogP contribution in [0.15, 0.2) is 11.8 Å². The molecular weight excluding hydrogens is 267 g/mol. The fourth-order valence-electron chi connectivity index (χ4n) is 1.49. The third kappa shape index (κ3) is 6.30. The van der Waals surface area contributed by atoms with Crippen LogP contribution in [0.1, 0.15) is 20.8 Å². The molecular formula is C12H27O4PSi. The topological polar surface area (TPSA) is 55.8 Å². The van der Waals surface area contributed by atoms with E-state index in [-0.39, 0.29) is 0 Å². The van der Waals surface area contributed by atoms with Gasteiger partial charge < -0.3 is 14.2 Å². The fourth-order valence-corrected chi connectivity index (χ4v) is 4.40. The Labute approximate surface area is 112 Å². The second-order valence-corrected chi connectivity index (χ2v) is 12.6. The highest BCUT2D eigenvalue weighted by molar-refractivity contribution is 7.55. The van der Waals surface area contributed by atoms with Crippen LogP contribution < -0.4 is 0 Å². The van der Waals surface area contributed by atoms with Gasteiger partial charge in [-0.15, -0.1) is 0 Å². The summed E-state index contributed by atoms with van der Waals surface area (Å²) in [7, 11) is -4.70. The molecule has 0 unspecified atom stereocenters. The first-order valence-corrected chi connectivity index (χ1v) is 11.6. The van der Waals surface area contributed by atoms with Crippen molar-refractivity contribution in [2.45, 2.75) is 52.2 Å². The number of rotatable bonds is 8.